The van der Waals surface area contributed by atoms with E-state index in [2.05, 4.69) is 34.4 Å². The van der Waals surface area contributed by atoms with Crippen molar-refractivity contribution in [1.29, 1.82) is 0 Å². The Morgan fingerprint density at radius 2 is 1.58 bits per heavy atom. The molecule has 0 aromatic carbocycles. The maximum atomic E-state index is 12.0. The van der Waals surface area contributed by atoms with Crippen molar-refractivity contribution in [3.63, 3.8) is 0 Å². The number of aliphatic carboxylic acids is 1. The van der Waals surface area contributed by atoms with Crippen LogP contribution >= 0.6 is 12.4 Å². The number of hydrogen-bond acceptors (Lipinski definition) is 3. The van der Waals surface area contributed by atoms with E-state index < -0.39 is 12.0 Å². The molecule has 0 saturated carbocycles. The van der Waals surface area contributed by atoms with Crippen LogP contribution in [0.25, 0.3) is 0 Å². The molecule has 0 aliphatic heterocycles. The highest BCUT2D eigenvalue weighted by Gasteiger charge is 2.20. The van der Waals surface area contributed by atoms with Gasteiger partial charge in [0.05, 0.1) is 6.33 Å². The van der Waals surface area contributed by atoms with E-state index in [-0.39, 0.29) is 24.7 Å². The summed E-state index contributed by atoms with van der Waals surface area (Å²) < 4.78 is 0. The van der Waals surface area contributed by atoms with Gasteiger partial charge >= 0.3 is 5.97 Å². The lowest BCUT2D eigenvalue weighted by atomic mass is 10.1. The van der Waals surface area contributed by atoms with Crippen LogP contribution in [-0.2, 0) is 16.0 Å². The van der Waals surface area contributed by atoms with Crippen molar-refractivity contribution in [3.8, 4) is 0 Å². The molecule has 0 unspecified atom stereocenters. The summed E-state index contributed by atoms with van der Waals surface area (Å²) in [6.45, 7) is 2.25. The Hall–Kier alpha value is -1.82. The number of nitrogens with zero attached hydrogens (tertiary/aromatic N) is 1. The lowest BCUT2D eigenvalue weighted by Crippen LogP contribution is -2.42. The number of allylic oxidation sites excluding steroid dienone is 2. The summed E-state index contributed by atoms with van der Waals surface area (Å²) in [6.07, 6.45) is 24.1. The van der Waals surface area contributed by atoms with Gasteiger partial charge in [0.1, 0.15) is 6.04 Å². The molecule has 1 aromatic heterocycles. The van der Waals surface area contributed by atoms with Crippen molar-refractivity contribution in [2.24, 2.45) is 0 Å². The summed E-state index contributed by atoms with van der Waals surface area (Å²) in [5, 5.41) is 11.9. The quantitative estimate of drug-likeness (QED) is 0.176. The Labute approximate surface area is 194 Å². The van der Waals surface area contributed by atoms with Crippen molar-refractivity contribution < 1.29 is 14.7 Å². The average molecular weight is 456 g/mol. The van der Waals surface area contributed by atoms with Gasteiger partial charge in [-0.2, -0.15) is 0 Å². The van der Waals surface area contributed by atoms with E-state index in [0.29, 0.717) is 12.1 Å². The van der Waals surface area contributed by atoms with Crippen molar-refractivity contribution in [2.45, 2.75) is 109 Å². The van der Waals surface area contributed by atoms with Gasteiger partial charge in [-0.05, 0) is 32.1 Å². The van der Waals surface area contributed by atoms with E-state index in [1.54, 1.807) is 6.20 Å². The van der Waals surface area contributed by atoms with Crippen LogP contribution < -0.4 is 5.32 Å². The highest BCUT2D eigenvalue weighted by atomic mass is 35.5. The van der Waals surface area contributed by atoms with Crippen molar-refractivity contribution in [2.75, 3.05) is 0 Å². The van der Waals surface area contributed by atoms with E-state index in [4.69, 9.17) is 0 Å². The van der Waals surface area contributed by atoms with Crippen LogP contribution in [-0.4, -0.2) is 33.0 Å². The molecule has 0 aliphatic rings. The molecule has 0 saturated heterocycles. The highest BCUT2D eigenvalue weighted by molar-refractivity contribution is 5.85. The third-order valence-corrected chi connectivity index (χ3v) is 5.28. The zero-order valence-corrected chi connectivity index (χ0v) is 19.9. The molecular formula is C24H42ClN3O3. The van der Waals surface area contributed by atoms with Gasteiger partial charge in [0.15, 0.2) is 0 Å². The topological polar surface area (TPSA) is 95.1 Å². The molecule has 0 fully saturated rings. The van der Waals surface area contributed by atoms with E-state index >= 15 is 0 Å². The maximum Gasteiger partial charge on any atom is 0.326 e. The molecule has 1 amide bonds. The number of H-pyrrole nitrogens is 1. The maximum absolute atomic E-state index is 12.0. The fourth-order valence-corrected chi connectivity index (χ4v) is 3.44. The van der Waals surface area contributed by atoms with Gasteiger partial charge < -0.3 is 15.4 Å². The monoisotopic (exact) mass is 455 g/mol. The molecule has 6 nitrogen and oxygen atoms in total. The number of aromatic amines is 1. The molecule has 0 spiro atoms. The van der Waals surface area contributed by atoms with E-state index in [0.717, 1.165) is 25.7 Å². The van der Waals surface area contributed by atoms with Gasteiger partial charge in [0.25, 0.3) is 0 Å². The first-order chi connectivity index (χ1) is 14.6. The fraction of sp³-hybridized carbons (Fsp3) is 0.708. The SMILES string of the molecule is CCCCCCCC/C=C\CCCCCCCC(=O)N[C@H](Cc1cnc[nH]1)C(=O)O.Cl. The van der Waals surface area contributed by atoms with Crippen LogP contribution in [0.4, 0.5) is 0 Å². The first kappa shape index (κ1) is 29.2. The zero-order valence-electron chi connectivity index (χ0n) is 19.1. The van der Waals surface area contributed by atoms with Gasteiger partial charge in [-0.1, -0.05) is 70.4 Å². The standard InChI is InChI=1S/C24H41N3O3.ClH/c1-2-3-4-5-6-7-8-9-10-11-12-13-14-15-16-17-23(28)27-22(24(29)30)18-21-19-25-20-26-21;/h9-10,19-20,22H,2-8,11-18H2,1H3,(H,25,26)(H,27,28)(H,29,30);1H/b10-9-;/t22-;/m1./s1. The van der Waals surface area contributed by atoms with Crippen molar-refractivity contribution in [3.05, 3.63) is 30.4 Å². The normalized spacial score (nSPS) is 11.9. The number of nitrogens with one attached hydrogen (secondary N) is 2. The summed E-state index contributed by atoms with van der Waals surface area (Å²) in [4.78, 5) is 30.1. The fourth-order valence-electron chi connectivity index (χ4n) is 3.44. The largest absolute Gasteiger partial charge is 0.480 e. The second kappa shape index (κ2) is 20.1. The molecule has 31 heavy (non-hydrogen) atoms. The molecular weight excluding hydrogens is 414 g/mol. The third-order valence-electron chi connectivity index (χ3n) is 5.28. The van der Waals surface area contributed by atoms with Crippen molar-refractivity contribution >= 4 is 24.3 Å². The molecule has 0 aliphatic carbocycles. The van der Waals surface area contributed by atoms with E-state index in [9.17, 15) is 14.7 Å². The number of imidazole rings is 1. The third kappa shape index (κ3) is 16.5. The highest BCUT2D eigenvalue weighted by Crippen LogP contribution is 2.10. The first-order valence-corrected chi connectivity index (χ1v) is 11.8. The molecule has 7 heteroatoms. The van der Waals surface area contributed by atoms with E-state index in [1.165, 1.54) is 64.1 Å². The average Bonchev–Trinajstić information content (AvgIpc) is 3.23. The zero-order chi connectivity index (χ0) is 21.9. The first-order valence-electron chi connectivity index (χ1n) is 11.8. The van der Waals surface area contributed by atoms with E-state index in [1.807, 2.05) is 0 Å². The molecule has 1 atom stereocenters. The van der Waals surface area contributed by atoms with Crippen LogP contribution in [0.15, 0.2) is 24.7 Å². The summed E-state index contributed by atoms with van der Waals surface area (Å²) in [7, 11) is 0. The van der Waals surface area contributed by atoms with Gasteiger partial charge in [-0.15, -0.1) is 12.4 Å². The molecule has 1 rings (SSSR count). The Bertz CT molecular complexity index is 591. The number of carbonyl (C=O) groups excluding carboxylic acids is 1. The van der Waals surface area contributed by atoms with Gasteiger partial charge in [-0.25, -0.2) is 9.78 Å². The van der Waals surface area contributed by atoms with Gasteiger partial charge in [0, 0.05) is 24.7 Å². The molecule has 1 heterocycles. The number of unbranched alkanes of at least 4 members (excludes halogenated alkanes) is 11. The molecule has 0 bridgehead atoms. The van der Waals surface area contributed by atoms with Crippen LogP contribution in [0.2, 0.25) is 0 Å². The van der Waals surface area contributed by atoms with Gasteiger partial charge in [-0.3, -0.25) is 4.79 Å². The summed E-state index contributed by atoms with van der Waals surface area (Å²) >= 11 is 0. The molecule has 1 aromatic rings. The molecule has 3 N–H and O–H groups in total. The minimum Gasteiger partial charge on any atom is -0.480 e. The predicted octanol–water partition coefficient (Wildman–Crippen LogP) is 5.98. The number of aromatic nitrogens is 2. The van der Waals surface area contributed by atoms with Crippen molar-refractivity contribution in [1.82, 2.24) is 15.3 Å². The lowest BCUT2D eigenvalue weighted by Gasteiger charge is -2.13. The Kier molecular flexibility index (Phi) is 18.9. The minimum atomic E-state index is -1.03. The van der Waals surface area contributed by atoms with Gasteiger partial charge in [0.2, 0.25) is 5.91 Å². The van der Waals surface area contributed by atoms with Crippen LogP contribution in [0.5, 0.6) is 0 Å². The number of carbonyl (C=O) groups is 2. The smallest absolute Gasteiger partial charge is 0.326 e. The number of hydrogen-bond donors (Lipinski definition) is 3. The summed E-state index contributed by atoms with van der Waals surface area (Å²) in [6, 6.07) is -0.916. The number of carboxylic acid groups (broad SMARTS) is 1. The second-order valence-electron chi connectivity index (χ2n) is 8.07. The van der Waals surface area contributed by atoms with Crippen LogP contribution in [0.3, 0.4) is 0 Å². The van der Waals surface area contributed by atoms with Crippen LogP contribution in [0, 0.1) is 0 Å². The predicted molar refractivity (Wildman–Crippen MR) is 129 cm³/mol. The second-order valence-corrected chi connectivity index (χ2v) is 8.07. The lowest BCUT2D eigenvalue weighted by molar-refractivity contribution is -0.141. The Morgan fingerprint density at radius 3 is 2.13 bits per heavy atom. The number of amides is 1. The minimum absolute atomic E-state index is 0. The molecule has 178 valence electrons. The number of carboxylic acids is 1. The van der Waals surface area contributed by atoms with Crippen LogP contribution in [0.1, 0.15) is 103 Å². The summed E-state index contributed by atoms with van der Waals surface area (Å²) in [5.74, 6) is -1.22. The number of rotatable bonds is 19. The molecule has 0 radical (unpaired) electrons. The Morgan fingerprint density at radius 1 is 1.00 bits per heavy atom. The summed E-state index contributed by atoms with van der Waals surface area (Å²) in [5.41, 5.74) is 0.698. The Balaban J connectivity index is 0.00000900. The number of halogens is 1.